The van der Waals surface area contributed by atoms with Crippen LogP contribution < -0.4 is 0 Å². The second kappa shape index (κ2) is 16.7. The maximum absolute atomic E-state index is 4.81. The fraction of sp³-hybridized carbons (Fsp3) is 0.243. The van der Waals surface area contributed by atoms with Crippen molar-refractivity contribution in [1.29, 1.82) is 0 Å². The summed E-state index contributed by atoms with van der Waals surface area (Å²) in [6.07, 6.45) is 30.7. The minimum Gasteiger partial charge on any atom is -0.261 e. The Kier molecular flexibility index (Phi) is 13.4. The number of allylic oxidation sites excluding steroid dienone is 16. The van der Waals surface area contributed by atoms with E-state index in [0.717, 1.165) is 40.9 Å². The van der Waals surface area contributed by atoms with Crippen LogP contribution in [0.3, 0.4) is 0 Å². The molecule has 0 spiro atoms. The first-order valence-corrected chi connectivity index (χ1v) is 13.7. The highest BCUT2D eigenvalue weighted by Crippen LogP contribution is 2.25. The Morgan fingerprint density at radius 2 is 1.54 bits per heavy atom. The van der Waals surface area contributed by atoms with Crippen LogP contribution in [-0.4, -0.2) is 12.4 Å². The van der Waals surface area contributed by atoms with E-state index in [-0.39, 0.29) is 0 Å². The highest BCUT2D eigenvalue weighted by molar-refractivity contribution is 5.87. The van der Waals surface area contributed by atoms with Gasteiger partial charge in [0.15, 0.2) is 0 Å². The number of aryl methyl sites for hydroxylation is 1. The molecule has 0 amide bonds. The molecule has 0 aromatic heterocycles. The molecular weight excluding hydrogens is 472 g/mol. The lowest BCUT2D eigenvalue weighted by Gasteiger charge is -2.13. The third kappa shape index (κ3) is 11.1. The van der Waals surface area contributed by atoms with Gasteiger partial charge in [-0.3, -0.25) is 9.98 Å². The van der Waals surface area contributed by atoms with Crippen LogP contribution in [0.1, 0.15) is 71.1 Å². The van der Waals surface area contributed by atoms with Crippen LogP contribution in [0.4, 0.5) is 0 Å². The van der Waals surface area contributed by atoms with Gasteiger partial charge in [-0.1, -0.05) is 90.6 Å². The molecule has 0 saturated heterocycles. The number of aliphatic imine (C=N–C) groups is 2. The first-order valence-electron chi connectivity index (χ1n) is 13.7. The van der Waals surface area contributed by atoms with Crippen molar-refractivity contribution >= 4 is 24.6 Å². The Morgan fingerprint density at radius 1 is 0.821 bits per heavy atom. The molecule has 2 nitrogen and oxygen atoms in total. The normalized spacial score (nSPS) is 16.6. The van der Waals surface area contributed by atoms with Crippen LogP contribution in [0, 0.1) is 6.92 Å². The Bertz CT molecular complexity index is 1360. The Morgan fingerprint density at radius 3 is 2.21 bits per heavy atom. The monoisotopic (exact) mass is 516 g/mol. The number of nitrogens with zero attached hydrogens (tertiary/aromatic N) is 2. The van der Waals surface area contributed by atoms with Crippen molar-refractivity contribution in [3.63, 3.8) is 0 Å². The molecule has 1 aliphatic carbocycles. The molecule has 202 valence electrons. The van der Waals surface area contributed by atoms with Gasteiger partial charge < -0.3 is 0 Å². The van der Waals surface area contributed by atoms with Crippen molar-refractivity contribution in [2.45, 2.75) is 61.3 Å². The summed E-state index contributed by atoms with van der Waals surface area (Å²) < 4.78 is 0. The molecule has 0 aliphatic heterocycles. The topological polar surface area (TPSA) is 24.7 Å². The van der Waals surface area contributed by atoms with Gasteiger partial charge in [0.05, 0.1) is 5.70 Å². The zero-order valence-electron chi connectivity index (χ0n) is 24.8. The molecular formula is C37H44N2. The van der Waals surface area contributed by atoms with E-state index in [1.807, 2.05) is 76.6 Å². The average Bonchev–Trinajstić information content (AvgIpc) is 2.90. The quantitative estimate of drug-likeness (QED) is 0.206. The highest BCUT2D eigenvalue weighted by Gasteiger charge is 2.06. The summed E-state index contributed by atoms with van der Waals surface area (Å²) in [6, 6.07) is 6.46. The molecule has 0 saturated carbocycles. The van der Waals surface area contributed by atoms with Crippen LogP contribution in [0.5, 0.6) is 0 Å². The van der Waals surface area contributed by atoms with Crippen LogP contribution in [-0.2, 0) is 0 Å². The lowest BCUT2D eigenvalue weighted by atomic mass is 9.93. The van der Waals surface area contributed by atoms with E-state index in [1.165, 1.54) is 27.8 Å². The van der Waals surface area contributed by atoms with E-state index in [1.54, 1.807) is 0 Å². The molecule has 1 aromatic carbocycles. The molecule has 0 N–H and O–H groups in total. The summed E-state index contributed by atoms with van der Waals surface area (Å²) in [7, 11) is 0. The maximum Gasteiger partial charge on any atom is 0.0629 e. The lowest BCUT2D eigenvalue weighted by Crippen LogP contribution is -1.94. The second-order valence-corrected chi connectivity index (χ2v) is 9.74. The summed E-state index contributed by atoms with van der Waals surface area (Å²) in [5.74, 6) is 0. The summed E-state index contributed by atoms with van der Waals surface area (Å²) >= 11 is 0. The van der Waals surface area contributed by atoms with Crippen LogP contribution in [0.15, 0.2) is 135 Å². The van der Waals surface area contributed by atoms with Crippen LogP contribution in [0.2, 0.25) is 0 Å². The van der Waals surface area contributed by atoms with E-state index in [2.05, 4.69) is 87.0 Å². The number of hydrogen-bond acceptors (Lipinski definition) is 2. The summed E-state index contributed by atoms with van der Waals surface area (Å²) in [6.45, 7) is 18.5. The van der Waals surface area contributed by atoms with Crippen molar-refractivity contribution in [3.8, 4) is 0 Å². The molecule has 0 atom stereocenters. The van der Waals surface area contributed by atoms with Gasteiger partial charge in [-0.05, 0) is 113 Å². The standard InChI is InChI=1S/C37H44N2/c1-9-13-33(27-39-37(15-11-3)25-34-20-16-28(5)22-30(34)7)19-18-32(12-4)26-38-31(8)24-36-21-17-29(6)23-35(36)14-10-2/h9-15,17-19,21-27H,4,16,20H2,1-3,5-8H3/b13-9-,14-10-,15-11-,31-24+,32-18+,33-19+,37-25+,38-26+,39-27+. The number of benzene rings is 1. The van der Waals surface area contributed by atoms with Crippen LogP contribution in [0.25, 0.3) is 12.2 Å². The molecule has 0 radical (unpaired) electrons. The molecule has 0 heterocycles. The predicted octanol–water partition coefficient (Wildman–Crippen LogP) is 10.7. The molecule has 39 heavy (non-hydrogen) atoms. The maximum atomic E-state index is 4.81. The zero-order valence-corrected chi connectivity index (χ0v) is 24.8. The molecule has 0 bridgehead atoms. The molecule has 2 heteroatoms. The van der Waals surface area contributed by atoms with Crippen molar-refractivity contribution in [2.24, 2.45) is 9.98 Å². The SMILES string of the molecule is C=CC(\C=N\C(C)=C\c1ccc(C)cc1/C=C\C)=C/C=C(\C=C/C)/C=N/C(/C=C\C)=C/C1=C(C)C=C(C)CC1. The largest absolute Gasteiger partial charge is 0.261 e. The number of hydrogen-bond donors (Lipinski definition) is 0. The summed E-state index contributed by atoms with van der Waals surface area (Å²) in [5, 5.41) is 0. The second-order valence-electron chi connectivity index (χ2n) is 9.74. The summed E-state index contributed by atoms with van der Waals surface area (Å²) in [5.41, 5.74) is 11.5. The fourth-order valence-electron chi connectivity index (χ4n) is 4.15. The van der Waals surface area contributed by atoms with Gasteiger partial charge in [0, 0.05) is 18.1 Å². The molecule has 0 fully saturated rings. The molecule has 1 aromatic rings. The van der Waals surface area contributed by atoms with Gasteiger partial charge in [0.2, 0.25) is 0 Å². The van der Waals surface area contributed by atoms with Crippen molar-refractivity contribution in [3.05, 3.63) is 141 Å². The first kappa shape index (κ1) is 31.2. The minimum atomic E-state index is 0.921. The first-order chi connectivity index (χ1) is 18.8. The van der Waals surface area contributed by atoms with Gasteiger partial charge in [-0.15, -0.1) is 0 Å². The van der Waals surface area contributed by atoms with Crippen molar-refractivity contribution in [1.82, 2.24) is 0 Å². The van der Waals surface area contributed by atoms with E-state index < -0.39 is 0 Å². The third-order valence-electron chi connectivity index (χ3n) is 6.21. The minimum absolute atomic E-state index is 0.921. The molecule has 2 rings (SSSR count). The summed E-state index contributed by atoms with van der Waals surface area (Å²) in [4.78, 5) is 9.48. The van der Waals surface area contributed by atoms with E-state index >= 15 is 0 Å². The van der Waals surface area contributed by atoms with Gasteiger partial charge in [-0.25, -0.2) is 0 Å². The van der Waals surface area contributed by atoms with Crippen molar-refractivity contribution in [2.75, 3.05) is 0 Å². The van der Waals surface area contributed by atoms with Gasteiger partial charge in [0.25, 0.3) is 0 Å². The van der Waals surface area contributed by atoms with Crippen LogP contribution >= 0.6 is 0 Å². The van der Waals surface area contributed by atoms with Gasteiger partial charge >= 0.3 is 0 Å². The lowest BCUT2D eigenvalue weighted by molar-refractivity contribution is 0.907. The number of rotatable bonds is 11. The van der Waals surface area contributed by atoms with Gasteiger partial charge in [0.1, 0.15) is 0 Å². The Hall–Kier alpha value is -4.04. The van der Waals surface area contributed by atoms with Gasteiger partial charge in [-0.2, -0.15) is 0 Å². The third-order valence-corrected chi connectivity index (χ3v) is 6.21. The van der Waals surface area contributed by atoms with E-state index in [4.69, 9.17) is 4.99 Å². The van der Waals surface area contributed by atoms with E-state index in [9.17, 15) is 0 Å². The molecule has 1 aliphatic rings. The zero-order chi connectivity index (χ0) is 28.6. The Balaban J connectivity index is 2.30. The fourth-order valence-corrected chi connectivity index (χ4v) is 4.15. The average molecular weight is 517 g/mol. The smallest absolute Gasteiger partial charge is 0.0629 e. The highest BCUT2D eigenvalue weighted by atomic mass is 14.7. The molecule has 0 unspecified atom stereocenters. The Labute approximate surface area is 237 Å². The van der Waals surface area contributed by atoms with Crippen molar-refractivity contribution < 1.29 is 0 Å². The van der Waals surface area contributed by atoms with E-state index in [0.29, 0.717) is 0 Å². The predicted molar refractivity (Wildman–Crippen MR) is 176 cm³/mol.